The largest absolute Gasteiger partial charge is 0.380 e. The number of nitrogens with two attached hydrogens (primary N) is 1. The number of methoxy groups -OCH3 is 1. The quantitative estimate of drug-likeness (QED) is 0.604. The minimum absolute atomic E-state index is 0.487. The topological polar surface area (TPSA) is 59.6 Å². The Morgan fingerprint density at radius 3 is 2.94 bits per heavy atom. The van der Waals surface area contributed by atoms with Crippen molar-refractivity contribution in [3.63, 3.8) is 0 Å². The number of guanidine groups is 1. The number of ether oxygens (including phenoxy) is 1. The van der Waals surface area contributed by atoms with E-state index in [0.29, 0.717) is 12.6 Å². The molecule has 2 rings (SSSR count). The SMILES string of the molecule is COCc1ccccc1NC(N)=NCC1CC1. The van der Waals surface area contributed by atoms with Crippen LogP contribution in [0.15, 0.2) is 29.3 Å². The first-order chi connectivity index (χ1) is 8.29. The van der Waals surface area contributed by atoms with Crippen LogP contribution in [0.1, 0.15) is 18.4 Å². The number of para-hydroxylation sites is 1. The first-order valence-electron chi connectivity index (χ1n) is 5.93. The van der Waals surface area contributed by atoms with Gasteiger partial charge < -0.3 is 15.8 Å². The molecule has 1 fully saturated rings. The van der Waals surface area contributed by atoms with E-state index in [0.717, 1.165) is 23.7 Å². The highest BCUT2D eigenvalue weighted by atomic mass is 16.5. The monoisotopic (exact) mass is 233 g/mol. The normalized spacial score (nSPS) is 15.9. The molecule has 0 spiro atoms. The predicted octanol–water partition coefficient (Wildman–Crippen LogP) is 1.97. The van der Waals surface area contributed by atoms with Gasteiger partial charge in [0.15, 0.2) is 5.96 Å². The van der Waals surface area contributed by atoms with Crippen molar-refractivity contribution in [1.82, 2.24) is 0 Å². The van der Waals surface area contributed by atoms with Gasteiger partial charge in [-0.1, -0.05) is 18.2 Å². The highest BCUT2D eigenvalue weighted by Gasteiger charge is 2.20. The van der Waals surface area contributed by atoms with Gasteiger partial charge in [0.2, 0.25) is 0 Å². The molecule has 0 saturated heterocycles. The van der Waals surface area contributed by atoms with Gasteiger partial charge >= 0.3 is 0 Å². The number of hydrogen-bond donors (Lipinski definition) is 2. The molecule has 17 heavy (non-hydrogen) atoms. The van der Waals surface area contributed by atoms with Crippen LogP contribution < -0.4 is 11.1 Å². The van der Waals surface area contributed by atoms with Crippen LogP contribution in [0.25, 0.3) is 0 Å². The number of anilines is 1. The average molecular weight is 233 g/mol. The van der Waals surface area contributed by atoms with Gasteiger partial charge in [-0.2, -0.15) is 0 Å². The molecule has 0 amide bonds. The van der Waals surface area contributed by atoms with Crippen LogP contribution in [0, 0.1) is 5.92 Å². The molecule has 4 nitrogen and oxygen atoms in total. The van der Waals surface area contributed by atoms with Crippen LogP contribution in [0.4, 0.5) is 5.69 Å². The van der Waals surface area contributed by atoms with Gasteiger partial charge in [-0.25, -0.2) is 0 Å². The Labute approximate surface area is 102 Å². The van der Waals surface area contributed by atoms with E-state index in [1.807, 2.05) is 24.3 Å². The molecule has 0 bridgehead atoms. The first kappa shape index (κ1) is 11.9. The zero-order valence-corrected chi connectivity index (χ0v) is 10.1. The van der Waals surface area contributed by atoms with Crippen LogP contribution >= 0.6 is 0 Å². The fourth-order valence-corrected chi connectivity index (χ4v) is 1.63. The smallest absolute Gasteiger partial charge is 0.193 e. The van der Waals surface area contributed by atoms with Crippen molar-refractivity contribution in [2.24, 2.45) is 16.6 Å². The van der Waals surface area contributed by atoms with E-state index in [1.165, 1.54) is 12.8 Å². The van der Waals surface area contributed by atoms with Crippen molar-refractivity contribution >= 4 is 11.6 Å². The number of benzene rings is 1. The molecule has 0 heterocycles. The predicted molar refractivity (Wildman–Crippen MR) is 70.0 cm³/mol. The van der Waals surface area contributed by atoms with E-state index in [-0.39, 0.29) is 0 Å². The lowest BCUT2D eigenvalue weighted by atomic mass is 10.2. The second kappa shape index (κ2) is 5.68. The standard InChI is InChI=1S/C13H19N3O/c1-17-9-11-4-2-3-5-12(11)16-13(14)15-8-10-6-7-10/h2-5,10H,6-9H2,1H3,(H3,14,15,16). The number of rotatable bonds is 5. The Morgan fingerprint density at radius 1 is 1.47 bits per heavy atom. The molecule has 0 unspecified atom stereocenters. The number of hydrogen-bond acceptors (Lipinski definition) is 2. The third-order valence-electron chi connectivity index (χ3n) is 2.80. The summed E-state index contributed by atoms with van der Waals surface area (Å²) in [6, 6.07) is 7.95. The Morgan fingerprint density at radius 2 is 2.24 bits per heavy atom. The summed E-state index contributed by atoms with van der Waals surface area (Å²) < 4.78 is 5.14. The van der Waals surface area contributed by atoms with Gasteiger partial charge in [0, 0.05) is 24.9 Å². The maximum absolute atomic E-state index is 5.84. The Kier molecular flexibility index (Phi) is 3.98. The second-order valence-corrected chi connectivity index (χ2v) is 4.38. The van der Waals surface area contributed by atoms with E-state index in [4.69, 9.17) is 10.5 Å². The van der Waals surface area contributed by atoms with Crippen molar-refractivity contribution in [1.29, 1.82) is 0 Å². The summed E-state index contributed by atoms with van der Waals surface area (Å²) in [6.07, 6.45) is 2.58. The number of aliphatic imine (C=N–C) groups is 1. The van der Waals surface area contributed by atoms with Crippen LogP contribution in [0.5, 0.6) is 0 Å². The molecule has 4 heteroatoms. The Balaban J connectivity index is 1.98. The van der Waals surface area contributed by atoms with Crippen molar-refractivity contribution < 1.29 is 4.74 Å². The Bertz CT molecular complexity index is 399. The maximum Gasteiger partial charge on any atom is 0.193 e. The molecule has 1 saturated carbocycles. The molecule has 1 aliphatic carbocycles. The lowest BCUT2D eigenvalue weighted by Gasteiger charge is -2.10. The van der Waals surface area contributed by atoms with Crippen molar-refractivity contribution in [3.8, 4) is 0 Å². The first-order valence-corrected chi connectivity index (χ1v) is 5.93. The van der Waals surface area contributed by atoms with Crippen LogP contribution in [-0.4, -0.2) is 19.6 Å². The summed E-state index contributed by atoms with van der Waals surface area (Å²) in [5.74, 6) is 1.24. The van der Waals surface area contributed by atoms with Crippen LogP contribution in [-0.2, 0) is 11.3 Å². The van der Waals surface area contributed by atoms with Gasteiger partial charge in [0.25, 0.3) is 0 Å². The molecular weight excluding hydrogens is 214 g/mol. The summed E-state index contributed by atoms with van der Waals surface area (Å²) in [5.41, 5.74) is 7.89. The number of nitrogens with one attached hydrogen (secondary N) is 1. The van der Waals surface area contributed by atoms with E-state index in [9.17, 15) is 0 Å². The van der Waals surface area contributed by atoms with Gasteiger partial charge in [-0.3, -0.25) is 4.99 Å². The van der Waals surface area contributed by atoms with Gasteiger partial charge in [0.05, 0.1) is 6.61 Å². The van der Waals surface area contributed by atoms with Gasteiger partial charge in [0.1, 0.15) is 0 Å². The zero-order valence-electron chi connectivity index (χ0n) is 10.1. The molecule has 1 aromatic carbocycles. The highest BCUT2D eigenvalue weighted by molar-refractivity contribution is 5.92. The Hall–Kier alpha value is -1.55. The minimum atomic E-state index is 0.487. The van der Waals surface area contributed by atoms with E-state index in [1.54, 1.807) is 7.11 Å². The molecule has 0 atom stereocenters. The molecule has 0 aromatic heterocycles. The van der Waals surface area contributed by atoms with Crippen molar-refractivity contribution in [3.05, 3.63) is 29.8 Å². The van der Waals surface area contributed by atoms with Gasteiger partial charge in [-0.15, -0.1) is 0 Å². The molecule has 0 aliphatic heterocycles. The van der Waals surface area contributed by atoms with Crippen molar-refractivity contribution in [2.75, 3.05) is 19.0 Å². The lowest BCUT2D eigenvalue weighted by molar-refractivity contribution is 0.185. The molecule has 1 aliphatic rings. The molecule has 3 N–H and O–H groups in total. The summed E-state index contributed by atoms with van der Waals surface area (Å²) in [7, 11) is 1.68. The van der Waals surface area contributed by atoms with Crippen LogP contribution in [0.3, 0.4) is 0 Å². The molecule has 1 aromatic rings. The van der Waals surface area contributed by atoms with E-state index >= 15 is 0 Å². The third-order valence-corrected chi connectivity index (χ3v) is 2.80. The second-order valence-electron chi connectivity index (χ2n) is 4.38. The molecular formula is C13H19N3O. The van der Waals surface area contributed by atoms with E-state index in [2.05, 4.69) is 10.3 Å². The summed E-state index contributed by atoms with van der Waals surface area (Å²) in [6.45, 7) is 1.41. The van der Waals surface area contributed by atoms with Crippen molar-refractivity contribution in [2.45, 2.75) is 19.4 Å². The molecule has 92 valence electrons. The highest BCUT2D eigenvalue weighted by Crippen LogP contribution is 2.28. The lowest BCUT2D eigenvalue weighted by Crippen LogP contribution is -2.23. The fraction of sp³-hybridized carbons (Fsp3) is 0.462. The average Bonchev–Trinajstić information content (AvgIpc) is 3.13. The maximum atomic E-state index is 5.84. The zero-order chi connectivity index (χ0) is 12.1. The molecule has 0 radical (unpaired) electrons. The summed E-state index contributed by atoms with van der Waals surface area (Å²) in [5, 5.41) is 3.13. The fourth-order valence-electron chi connectivity index (χ4n) is 1.63. The number of nitrogens with zero attached hydrogens (tertiary/aromatic N) is 1. The minimum Gasteiger partial charge on any atom is -0.380 e. The third kappa shape index (κ3) is 3.75. The van der Waals surface area contributed by atoms with Gasteiger partial charge in [-0.05, 0) is 24.8 Å². The summed E-state index contributed by atoms with van der Waals surface area (Å²) in [4.78, 5) is 4.33. The summed E-state index contributed by atoms with van der Waals surface area (Å²) >= 11 is 0. The van der Waals surface area contributed by atoms with E-state index < -0.39 is 0 Å². The van der Waals surface area contributed by atoms with Crippen LogP contribution in [0.2, 0.25) is 0 Å².